The predicted octanol–water partition coefficient (Wildman–Crippen LogP) is 3.54. The zero-order valence-electron chi connectivity index (χ0n) is 27.8. The number of fused-ring (bicyclic) bond motifs is 4. The number of aryl methyl sites for hydroxylation is 2. The Morgan fingerprint density at radius 3 is 2.67 bits per heavy atom. The predicted molar refractivity (Wildman–Crippen MR) is 180 cm³/mol. The molecule has 8 rings (SSSR count). The number of rotatable bonds is 6. The minimum Gasteiger partial charge on any atom is -0.461 e. The molecule has 5 aliphatic rings. The lowest BCUT2D eigenvalue weighted by molar-refractivity contribution is -0.126. The molecule has 0 unspecified atom stereocenters. The maximum atomic E-state index is 14.6. The fourth-order valence-electron chi connectivity index (χ4n) is 8.64. The zero-order chi connectivity index (χ0) is 34.1. The quantitative estimate of drug-likeness (QED) is 0.380. The number of anilines is 2. The third kappa shape index (κ3) is 5.14. The summed E-state index contributed by atoms with van der Waals surface area (Å²) in [5, 5.41) is 15.5. The topological polar surface area (TPSA) is 124 Å². The number of nitriles is 1. The maximum Gasteiger partial charge on any atom is 0.320 e. The van der Waals surface area contributed by atoms with Crippen LogP contribution in [0, 0.1) is 11.3 Å². The first-order chi connectivity index (χ1) is 23.6. The van der Waals surface area contributed by atoms with E-state index in [1.54, 1.807) is 18.8 Å². The van der Waals surface area contributed by atoms with Crippen molar-refractivity contribution in [2.75, 3.05) is 63.2 Å². The molecule has 0 radical (unpaired) electrons. The molecular formula is C35H39ClFN9O3. The van der Waals surface area contributed by atoms with E-state index in [1.165, 1.54) is 10.5 Å². The molecule has 256 valence electrons. The van der Waals surface area contributed by atoms with Crippen LogP contribution in [-0.4, -0.2) is 106 Å². The van der Waals surface area contributed by atoms with Gasteiger partial charge in [0.1, 0.15) is 30.2 Å². The third-order valence-electron chi connectivity index (χ3n) is 11.1. The molecule has 2 aromatic heterocycles. The van der Waals surface area contributed by atoms with Crippen LogP contribution < -0.4 is 14.5 Å². The molecule has 0 saturated carbocycles. The summed E-state index contributed by atoms with van der Waals surface area (Å²) in [6, 6.07) is 10.6. The molecule has 14 heteroatoms. The van der Waals surface area contributed by atoms with E-state index in [9.17, 15) is 19.2 Å². The van der Waals surface area contributed by atoms with Crippen molar-refractivity contribution in [3.05, 3.63) is 57.4 Å². The number of amides is 1. The Kier molecular flexibility index (Phi) is 7.79. The van der Waals surface area contributed by atoms with Crippen molar-refractivity contribution in [3.8, 4) is 12.1 Å². The molecule has 2 atom stereocenters. The number of ether oxygens (including phenoxy) is 1. The largest absolute Gasteiger partial charge is 0.461 e. The van der Waals surface area contributed by atoms with Gasteiger partial charge in [-0.15, -0.1) is 0 Å². The summed E-state index contributed by atoms with van der Waals surface area (Å²) in [7, 11) is 3.31. The van der Waals surface area contributed by atoms with Crippen molar-refractivity contribution in [1.82, 2.24) is 29.5 Å². The second-order valence-electron chi connectivity index (χ2n) is 14.3. The molecule has 1 aliphatic carbocycles. The highest BCUT2D eigenvalue weighted by atomic mass is 35.5. The second-order valence-corrected chi connectivity index (χ2v) is 14.7. The minimum atomic E-state index is -0.902. The van der Waals surface area contributed by atoms with Crippen LogP contribution in [0.5, 0.6) is 6.01 Å². The van der Waals surface area contributed by atoms with E-state index < -0.39 is 17.1 Å². The van der Waals surface area contributed by atoms with Crippen molar-refractivity contribution in [3.63, 3.8) is 0 Å². The van der Waals surface area contributed by atoms with Gasteiger partial charge in [0.25, 0.3) is 5.91 Å². The number of halogens is 2. The molecule has 0 bridgehead atoms. The van der Waals surface area contributed by atoms with E-state index in [4.69, 9.17) is 26.3 Å². The fourth-order valence-corrected chi connectivity index (χ4v) is 8.92. The maximum absolute atomic E-state index is 14.6. The van der Waals surface area contributed by atoms with E-state index in [1.807, 2.05) is 28.0 Å². The average Bonchev–Trinajstić information content (AvgIpc) is 3.64. The van der Waals surface area contributed by atoms with Gasteiger partial charge in [0, 0.05) is 59.7 Å². The van der Waals surface area contributed by atoms with E-state index in [2.05, 4.69) is 22.1 Å². The second kappa shape index (κ2) is 11.9. The van der Waals surface area contributed by atoms with Crippen molar-refractivity contribution in [1.29, 1.82) is 5.26 Å². The summed E-state index contributed by atoms with van der Waals surface area (Å²) in [6.07, 6.45) is 3.19. The first kappa shape index (κ1) is 32.0. The summed E-state index contributed by atoms with van der Waals surface area (Å²) in [4.78, 5) is 43.6. The van der Waals surface area contributed by atoms with E-state index in [-0.39, 0.29) is 47.1 Å². The number of hydrogen-bond donors (Lipinski definition) is 0. The smallest absolute Gasteiger partial charge is 0.320 e. The molecule has 6 heterocycles. The Morgan fingerprint density at radius 2 is 1.90 bits per heavy atom. The van der Waals surface area contributed by atoms with Crippen molar-refractivity contribution >= 4 is 34.9 Å². The molecule has 1 aromatic carbocycles. The van der Waals surface area contributed by atoms with Gasteiger partial charge in [-0.25, -0.2) is 4.39 Å². The van der Waals surface area contributed by atoms with E-state index >= 15 is 0 Å². The molecule has 1 spiro atoms. The zero-order valence-corrected chi connectivity index (χ0v) is 28.5. The number of ketones is 1. The summed E-state index contributed by atoms with van der Waals surface area (Å²) in [6.45, 7) is 3.59. The van der Waals surface area contributed by atoms with Crippen LogP contribution in [0.1, 0.15) is 65.0 Å². The summed E-state index contributed by atoms with van der Waals surface area (Å²) < 4.78 is 22.7. The van der Waals surface area contributed by atoms with Crippen molar-refractivity contribution in [2.24, 2.45) is 0 Å². The molecule has 49 heavy (non-hydrogen) atoms. The Bertz CT molecular complexity index is 1890. The number of benzene rings is 1. The first-order valence-electron chi connectivity index (χ1n) is 17.0. The molecule has 3 saturated heterocycles. The molecule has 12 nitrogen and oxygen atoms in total. The van der Waals surface area contributed by atoms with Crippen LogP contribution in [0.25, 0.3) is 0 Å². The van der Waals surface area contributed by atoms with E-state index in [0.29, 0.717) is 69.3 Å². The highest BCUT2D eigenvalue weighted by Gasteiger charge is 2.54. The lowest BCUT2D eigenvalue weighted by Crippen LogP contribution is -2.65. The minimum absolute atomic E-state index is 0.108. The Hall–Kier alpha value is -4.28. The van der Waals surface area contributed by atoms with Crippen LogP contribution >= 0.6 is 11.6 Å². The Labute approximate surface area is 289 Å². The van der Waals surface area contributed by atoms with Crippen LogP contribution in [0.2, 0.25) is 5.02 Å². The van der Waals surface area contributed by atoms with Gasteiger partial charge < -0.3 is 19.4 Å². The third-order valence-corrected chi connectivity index (χ3v) is 11.5. The van der Waals surface area contributed by atoms with Gasteiger partial charge in [0.05, 0.1) is 28.2 Å². The van der Waals surface area contributed by atoms with E-state index in [0.717, 1.165) is 31.4 Å². The number of carbonyl (C=O) groups is 2. The molecule has 4 aliphatic heterocycles. The molecule has 3 aromatic rings. The number of nitrogens with zero attached hydrogens (tertiary/aromatic N) is 9. The highest BCUT2D eigenvalue weighted by Crippen LogP contribution is 2.46. The lowest BCUT2D eigenvalue weighted by atomic mass is 9.64. The van der Waals surface area contributed by atoms with Crippen LogP contribution in [0.4, 0.5) is 16.0 Å². The molecule has 3 fully saturated rings. The highest BCUT2D eigenvalue weighted by molar-refractivity contribution is 6.34. The Balaban J connectivity index is 1.17. The van der Waals surface area contributed by atoms with Crippen LogP contribution in [0.15, 0.2) is 24.3 Å². The monoisotopic (exact) mass is 687 g/mol. The van der Waals surface area contributed by atoms with Crippen molar-refractivity contribution < 1.29 is 18.7 Å². The summed E-state index contributed by atoms with van der Waals surface area (Å²) in [5.41, 5.74) is 2.28. The van der Waals surface area contributed by atoms with Gasteiger partial charge in [0.15, 0.2) is 17.3 Å². The Morgan fingerprint density at radius 1 is 1.12 bits per heavy atom. The van der Waals surface area contributed by atoms with Gasteiger partial charge in [-0.05, 0) is 43.4 Å². The molecule has 1 amide bonds. The fraction of sp³-hybridized carbons (Fsp3) is 0.543. The van der Waals surface area contributed by atoms with Crippen molar-refractivity contribution in [2.45, 2.75) is 68.7 Å². The van der Waals surface area contributed by atoms with Gasteiger partial charge in [-0.2, -0.15) is 20.3 Å². The lowest BCUT2D eigenvalue weighted by Gasteiger charge is -2.52. The standard InChI is InChI=1S/C35H39ClFN9O3/c1-42(2)32(48)29-28(36)26-18-43(12-6-14-46(26)41-29)30-24(16-38)31(40-33(39-30)49-21-34-11-5-13-45(34)17-23(37)15-34)44-19-35(20-44)25-8-4-3-7-22(25)9-10-27(35)47/h3-4,7-8,23H,5-6,9-15,17-21H2,1-2H3/t23-,34+/m1/s1. The van der Waals surface area contributed by atoms with Gasteiger partial charge in [-0.3, -0.25) is 19.2 Å². The average molecular weight is 688 g/mol. The number of hydrogen-bond acceptors (Lipinski definition) is 10. The van der Waals surface area contributed by atoms with Crippen LogP contribution in [0.3, 0.4) is 0 Å². The molecule has 0 N–H and O–H groups in total. The number of alkyl halides is 1. The number of carbonyl (C=O) groups excluding carboxylic acids is 2. The normalized spacial score (nSPS) is 24.1. The first-order valence-corrected chi connectivity index (χ1v) is 17.4. The summed E-state index contributed by atoms with van der Waals surface area (Å²) >= 11 is 6.79. The van der Waals surface area contributed by atoms with Crippen LogP contribution in [-0.2, 0) is 29.7 Å². The van der Waals surface area contributed by atoms with Gasteiger partial charge in [-0.1, -0.05) is 35.9 Å². The number of Topliss-reactive ketones (excluding diaryl/α,β-unsaturated/α-hetero) is 1. The van der Waals surface area contributed by atoms with Gasteiger partial charge >= 0.3 is 6.01 Å². The molecular weight excluding hydrogens is 649 g/mol. The SMILES string of the molecule is CN(C)C(=O)c1nn2c(c1Cl)CN(c1nc(OC[C@@]34CCCN3C[C@H](F)C4)nc(N3CC4(C3)C(=O)CCc3ccccc34)c1C#N)CCC2. The van der Waals surface area contributed by atoms with Gasteiger partial charge in [0.2, 0.25) is 0 Å². The summed E-state index contributed by atoms with van der Waals surface area (Å²) in [5.74, 6) is 0.711. The number of aromatic nitrogens is 4.